The van der Waals surface area contributed by atoms with Crippen LogP contribution in [0.1, 0.15) is 28.4 Å². The Balaban J connectivity index is 2.33. The Hall–Kier alpha value is -2.26. The zero-order chi connectivity index (χ0) is 15.2. The first-order chi connectivity index (χ1) is 10.2. The van der Waals surface area contributed by atoms with Crippen LogP contribution in [0.5, 0.6) is 5.88 Å². The lowest BCUT2D eigenvalue weighted by atomic mass is 10.0. The van der Waals surface area contributed by atoms with E-state index in [2.05, 4.69) is 37.4 Å². The van der Waals surface area contributed by atoms with E-state index in [0.29, 0.717) is 11.4 Å². The molecule has 2 aromatic rings. The van der Waals surface area contributed by atoms with Gasteiger partial charge in [-0.05, 0) is 19.1 Å². The molecule has 6 heteroatoms. The number of benzene rings is 1. The van der Waals surface area contributed by atoms with Crippen molar-refractivity contribution in [2.45, 2.75) is 13.5 Å². The zero-order valence-corrected chi connectivity index (χ0v) is 13.3. The second-order valence-electron chi connectivity index (χ2n) is 4.25. The van der Waals surface area contributed by atoms with Gasteiger partial charge in [-0.3, -0.25) is 13.8 Å². The first kappa shape index (κ1) is 15.1. The fourth-order valence-corrected chi connectivity index (χ4v) is 2.09. The van der Waals surface area contributed by atoms with E-state index in [1.54, 1.807) is 36.0 Å². The monoisotopic (exact) mass is 347 g/mol. The second-order valence-corrected chi connectivity index (χ2v) is 4.64. The van der Waals surface area contributed by atoms with Gasteiger partial charge in [-0.15, -0.1) is 11.0 Å². The van der Waals surface area contributed by atoms with Gasteiger partial charge in [0.25, 0.3) is 5.91 Å². The van der Waals surface area contributed by atoms with Gasteiger partial charge in [0.1, 0.15) is 6.61 Å². The molecule has 1 aromatic carbocycles. The van der Waals surface area contributed by atoms with Gasteiger partial charge in [0, 0.05) is 52.1 Å². The predicted molar refractivity (Wildman–Crippen MR) is 82.9 cm³/mol. The quantitative estimate of drug-likeness (QED) is 0.682. The molecule has 0 fully saturated rings. The van der Waals surface area contributed by atoms with Crippen LogP contribution in [0, 0.1) is 11.8 Å². The van der Waals surface area contributed by atoms with E-state index in [4.69, 9.17) is 4.74 Å². The lowest BCUT2D eigenvalue weighted by Crippen LogP contribution is -2.16. The maximum Gasteiger partial charge on any atom is 0.261 e. The molecule has 108 valence electrons. The second kappa shape index (κ2) is 6.95. The van der Waals surface area contributed by atoms with Crippen molar-refractivity contribution in [3.63, 3.8) is 0 Å². The number of carbonyl (C=O) groups excluding carboxylic acids is 1. The number of rotatable bonds is 4. The third-order valence-corrected chi connectivity index (χ3v) is 3.18. The van der Waals surface area contributed by atoms with E-state index in [1.807, 2.05) is 13.1 Å². The molecule has 1 heterocycles. The molecule has 0 aliphatic heterocycles. The first-order valence-electron chi connectivity index (χ1n) is 6.23. The molecule has 0 saturated carbocycles. The molecule has 1 N–H and O–H groups in total. The molecule has 2 rings (SSSR count). The summed E-state index contributed by atoms with van der Waals surface area (Å²) in [5.74, 6) is 6.09. The lowest BCUT2D eigenvalue weighted by molar-refractivity contribution is 0.0984. The average molecular weight is 348 g/mol. The molecule has 0 atom stereocenters. The fourth-order valence-electron chi connectivity index (χ4n) is 1.87. The number of aromatic nitrogens is 2. The van der Waals surface area contributed by atoms with Crippen LogP contribution in [0.3, 0.4) is 0 Å². The van der Waals surface area contributed by atoms with Crippen LogP contribution in [0.2, 0.25) is 0 Å². The number of hydrogen-bond donors (Lipinski definition) is 1. The summed E-state index contributed by atoms with van der Waals surface area (Å²) in [5.41, 5.74) is 2.01. The molecular formula is C15H14BrN3O2. The van der Waals surface area contributed by atoms with Gasteiger partial charge in [-0.2, -0.15) is 0 Å². The number of amides is 1. The van der Waals surface area contributed by atoms with Gasteiger partial charge >= 0.3 is 0 Å². The van der Waals surface area contributed by atoms with Crippen molar-refractivity contribution in [2.75, 3.05) is 0 Å². The third kappa shape index (κ3) is 3.64. The van der Waals surface area contributed by atoms with Crippen LogP contribution in [0.25, 0.3) is 0 Å². The molecular weight excluding hydrogens is 334 g/mol. The van der Waals surface area contributed by atoms with Gasteiger partial charge in [-0.1, -0.05) is 12.0 Å². The SMILES string of the molecule is CC#Cc1cccc(C(=O)NBr)c1COc1ccn(C)n1. The van der Waals surface area contributed by atoms with Crippen LogP contribution in [0.15, 0.2) is 30.5 Å². The summed E-state index contributed by atoms with van der Waals surface area (Å²) < 4.78 is 9.74. The molecule has 0 bridgehead atoms. The van der Waals surface area contributed by atoms with E-state index in [0.717, 1.165) is 11.1 Å². The minimum atomic E-state index is -0.241. The van der Waals surface area contributed by atoms with Crippen molar-refractivity contribution in [2.24, 2.45) is 7.05 Å². The average Bonchev–Trinajstić information content (AvgIpc) is 2.91. The number of hydrogen-bond acceptors (Lipinski definition) is 3. The standard InChI is InChI=1S/C15H14BrN3O2/c1-3-5-11-6-4-7-12(15(20)17-16)13(11)10-21-14-8-9-19(2)18-14/h4,6-9H,10H2,1-2H3,(H,17,20). The predicted octanol–water partition coefficient (Wildman–Crippen LogP) is 2.41. The molecule has 0 radical (unpaired) electrons. The fraction of sp³-hybridized carbons (Fsp3) is 0.200. The van der Waals surface area contributed by atoms with Crippen molar-refractivity contribution in [3.05, 3.63) is 47.2 Å². The van der Waals surface area contributed by atoms with Crippen molar-refractivity contribution in [3.8, 4) is 17.7 Å². The Kier molecular flexibility index (Phi) is 5.01. The van der Waals surface area contributed by atoms with Crippen LogP contribution >= 0.6 is 16.1 Å². The lowest BCUT2D eigenvalue weighted by Gasteiger charge is -2.10. The van der Waals surface area contributed by atoms with E-state index < -0.39 is 0 Å². The highest BCUT2D eigenvalue weighted by Crippen LogP contribution is 2.18. The topological polar surface area (TPSA) is 56.1 Å². The summed E-state index contributed by atoms with van der Waals surface area (Å²) >= 11 is 2.96. The number of aryl methyl sites for hydroxylation is 1. The molecule has 0 unspecified atom stereocenters. The number of carbonyl (C=O) groups is 1. The maximum atomic E-state index is 11.9. The molecule has 0 aliphatic carbocycles. The largest absolute Gasteiger partial charge is 0.472 e. The molecule has 1 amide bonds. The number of halogens is 1. The number of nitrogens with zero attached hydrogens (tertiary/aromatic N) is 2. The highest BCUT2D eigenvalue weighted by molar-refractivity contribution is 9.08. The van der Waals surface area contributed by atoms with Crippen LogP contribution in [0.4, 0.5) is 0 Å². The van der Waals surface area contributed by atoms with Gasteiger partial charge in [0.05, 0.1) is 0 Å². The summed E-state index contributed by atoms with van der Waals surface area (Å²) in [6.07, 6.45) is 1.79. The number of nitrogens with one attached hydrogen (secondary N) is 1. The summed E-state index contributed by atoms with van der Waals surface area (Å²) in [4.78, 5) is 11.9. The molecule has 5 nitrogen and oxygen atoms in total. The molecule has 0 saturated heterocycles. The molecule has 0 aliphatic rings. The third-order valence-electron chi connectivity index (χ3n) is 2.82. The zero-order valence-electron chi connectivity index (χ0n) is 11.7. The van der Waals surface area contributed by atoms with Gasteiger partial charge in [0.2, 0.25) is 5.88 Å². The Morgan fingerprint density at radius 3 is 2.90 bits per heavy atom. The summed E-state index contributed by atoms with van der Waals surface area (Å²) in [6, 6.07) is 7.15. The Morgan fingerprint density at radius 1 is 1.48 bits per heavy atom. The normalized spacial score (nSPS) is 9.67. The van der Waals surface area contributed by atoms with Crippen molar-refractivity contribution in [1.82, 2.24) is 14.1 Å². The molecule has 0 spiro atoms. The molecule has 1 aromatic heterocycles. The van der Waals surface area contributed by atoms with Crippen LogP contribution in [-0.4, -0.2) is 15.7 Å². The van der Waals surface area contributed by atoms with Gasteiger partial charge < -0.3 is 4.74 Å². The van der Waals surface area contributed by atoms with E-state index in [9.17, 15) is 4.79 Å². The first-order valence-corrected chi connectivity index (χ1v) is 7.03. The van der Waals surface area contributed by atoms with Crippen LogP contribution < -0.4 is 9.08 Å². The van der Waals surface area contributed by atoms with Crippen molar-refractivity contribution >= 4 is 22.1 Å². The highest BCUT2D eigenvalue weighted by atomic mass is 79.9. The van der Waals surface area contributed by atoms with Crippen LogP contribution in [-0.2, 0) is 13.7 Å². The minimum Gasteiger partial charge on any atom is -0.472 e. The van der Waals surface area contributed by atoms with E-state index >= 15 is 0 Å². The summed E-state index contributed by atoms with van der Waals surface area (Å²) in [5, 5.41) is 4.14. The van der Waals surface area contributed by atoms with E-state index in [-0.39, 0.29) is 12.5 Å². The Morgan fingerprint density at radius 2 is 2.29 bits per heavy atom. The highest BCUT2D eigenvalue weighted by Gasteiger charge is 2.14. The van der Waals surface area contributed by atoms with Crippen molar-refractivity contribution in [1.29, 1.82) is 0 Å². The van der Waals surface area contributed by atoms with Gasteiger partial charge in [-0.25, -0.2) is 0 Å². The molecule has 21 heavy (non-hydrogen) atoms. The van der Waals surface area contributed by atoms with Gasteiger partial charge in [0.15, 0.2) is 0 Å². The summed E-state index contributed by atoms with van der Waals surface area (Å²) in [7, 11) is 1.81. The Labute approximate surface area is 131 Å². The summed E-state index contributed by atoms with van der Waals surface area (Å²) in [6.45, 7) is 1.97. The maximum absolute atomic E-state index is 11.9. The Bertz CT molecular complexity index is 713. The van der Waals surface area contributed by atoms with Crippen molar-refractivity contribution < 1.29 is 9.53 Å². The van der Waals surface area contributed by atoms with E-state index in [1.165, 1.54) is 0 Å². The minimum absolute atomic E-state index is 0.220. The number of ether oxygens (including phenoxy) is 1. The smallest absolute Gasteiger partial charge is 0.261 e.